The molecule has 2 aliphatic rings. The van der Waals surface area contributed by atoms with Crippen LogP contribution < -0.4 is 14.8 Å². The molecule has 2 heterocycles. The molecule has 150 valence electrons. The van der Waals surface area contributed by atoms with Crippen molar-refractivity contribution in [1.29, 1.82) is 0 Å². The molecule has 7 heteroatoms. The lowest BCUT2D eigenvalue weighted by Crippen LogP contribution is -2.41. The molecule has 0 spiro atoms. The van der Waals surface area contributed by atoms with Crippen LogP contribution in [0.4, 0.5) is 0 Å². The van der Waals surface area contributed by atoms with Crippen molar-refractivity contribution in [2.45, 2.75) is 24.3 Å². The lowest BCUT2D eigenvalue weighted by molar-refractivity contribution is -0.121. The third kappa shape index (κ3) is 4.24. The summed E-state index contributed by atoms with van der Waals surface area (Å²) in [5, 5.41) is 2.86. The predicted octanol–water partition coefficient (Wildman–Crippen LogP) is 3.07. The van der Waals surface area contributed by atoms with Gasteiger partial charge in [0.2, 0.25) is 0 Å². The predicted molar refractivity (Wildman–Crippen MR) is 112 cm³/mol. The van der Waals surface area contributed by atoms with Crippen LogP contribution in [0.1, 0.15) is 18.1 Å². The van der Waals surface area contributed by atoms with Crippen molar-refractivity contribution in [3.8, 4) is 11.5 Å². The highest BCUT2D eigenvalue weighted by Crippen LogP contribution is 2.42. The third-order valence-corrected chi connectivity index (χ3v) is 5.97. The monoisotopic (exact) mass is 410 g/mol. The number of nitrogens with zero attached hydrogens (tertiary/aromatic N) is 1. The summed E-state index contributed by atoms with van der Waals surface area (Å²) in [6.07, 6.45) is 3.08. The van der Waals surface area contributed by atoms with Crippen LogP contribution in [-0.4, -0.2) is 42.3 Å². The summed E-state index contributed by atoms with van der Waals surface area (Å²) < 4.78 is 13.2. The molecule has 6 nitrogen and oxygen atoms in total. The van der Waals surface area contributed by atoms with E-state index >= 15 is 0 Å². The van der Waals surface area contributed by atoms with E-state index in [1.54, 1.807) is 0 Å². The minimum atomic E-state index is -0.587. The molecule has 0 saturated heterocycles. The summed E-state index contributed by atoms with van der Waals surface area (Å²) in [7, 11) is 0. The number of likely N-dealkylation sites (N-methyl/N-ethyl adjacent to an activating group) is 1. The number of hydrogen-bond donors (Lipinski definition) is 1. The van der Waals surface area contributed by atoms with Crippen molar-refractivity contribution in [2.24, 2.45) is 0 Å². The molecule has 2 aromatic carbocycles. The van der Waals surface area contributed by atoms with Crippen LogP contribution in [0.3, 0.4) is 0 Å². The van der Waals surface area contributed by atoms with Crippen LogP contribution in [0.25, 0.3) is 6.08 Å². The van der Waals surface area contributed by atoms with Crippen LogP contribution in [0, 0.1) is 0 Å². The Labute approximate surface area is 174 Å². The van der Waals surface area contributed by atoms with Crippen LogP contribution in [0.15, 0.2) is 53.1 Å². The lowest BCUT2D eigenvalue weighted by Gasteiger charge is -2.30. The first-order chi connectivity index (χ1) is 14.2. The van der Waals surface area contributed by atoms with E-state index in [0.29, 0.717) is 37.6 Å². The minimum Gasteiger partial charge on any atom is -0.486 e. The second-order valence-corrected chi connectivity index (χ2v) is 7.82. The molecule has 4 rings (SSSR count). The summed E-state index contributed by atoms with van der Waals surface area (Å²) >= 11 is 1.49. The van der Waals surface area contributed by atoms with Crippen molar-refractivity contribution in [1.82, 2.24) is 9.62 Å². The molecule has 0 aromatic heterocycles. The standard InChI is InChI=1S/C22H22N2O4S/c1-2-24-18(22(26)23-17(14-25)10-15-6-4-3-5-7-15)11-16-12-19-20(13-21(16)29-24)28-9-8-27-19/h3-7,11-14,17H,2,8-10H2,1H3,(H,23,26)/t17-/m0/s1. The van der Waals surface area contributed by atoms with Gasteiger partial charge in [-0.25, -0.2) is 0 Å². The van der Waals surface area contributed by atoms with E-state index in [-0.39, 0.29) is 5.91 Å². The van der Waals surface area contributed by atoms with Crippen molar-refractivity contribution in [3.63, 3.8) is 0 Å². The van der Waals surface area contributed by atoms with Crippen LogP contribution in [-0.2, 0) is 16.0 Å². The molecule has 0 radical (unpaired) electrons. The zero-order valence-corrected chi connectivity index (χ0v) is 16.9. The van der Waals surface area contributed by atoms with Crippen molar-refractivity contribution >= 4 is 30.2 Å². The number of hydrogen-bond acceptors (Lipinski definition) is 6. The van der Waals surface area contributed by atoms with Gasteiger partial charge in [0.1, 0.15) is 25.2 Å². The maximum atomic E-state index is 13.0. The molecule has 0 fully saturated rings. The van der Waals surface area contributed by atoms with E-state index < -0.39 is 6.04 Å². The molecule has 0 saturated carbocycles. The van der Waals surface area contributed by atoms with Gasteiger partial charge in [-0.2, -0.15) is 0 Å². The SMILES string of the molecule is CCN1Sc2cc3c(cc2C=C1C(=O)N[C@H](C=O)Cc1ccccc1)OCCO3. The molecule has 1 atom stereocenters. The molecule has 2 aliphatic heterocycles. The van der Waals surface area contributed by atoms with Gasteiger partial charge in [-0.15, -0.1) is 0 Å². The van der Waals surface area contributed by atoms with Gasteiger partial charge in [-0.1, -0.05) is 30.3 Å². The number of fused-ring (bicyclic) bond motifs is 2. The van der Waals surface area contributed by atoms with Crippen molar-refractivity contribution < 1.29 is 19.1 Å². The number of rotatable bonds is 6. The fourth-order valence-electron chi connectivity index (χ4n) is 3.32. The van der Waals surface area contributed by atoms with E-state index in [1.165, 1.54) is 11.9 Å². The Morgan fingerprint density at radius 2 is 1.93 bits per heavy atom. The second kappa shape index (κ2) is 8.61. The Hall–Kier alpha value is -2.93. The number of benzene rings is 2. The van der Waals surface area contributed by atoms with Gasteiger partial charge in [0, 0.05) is 11.4 Å². The highest BCUT2D eigenvalue weighted by Gasteiger charge is 2.27. The van der Waals surface area contributed by atoms with Crippen LogP contribution in [0.5, 0.6) is 11.5 Å². The average Bonchev–Trinajstić information content (AvgIpc) is 2.76. The maximum Gasteiger partial charge on any atom is 0.269 e. The molecule has 2 aromatic rings. The third-order valence-electron chi connectivity index (χ3n) is 4.74. The lowest BCUT2D eigenvalue weighted by atomic mass is 10.1. The number of carbonyl (C=O) groups is 2. The van der Waals surface area contributed by atoms with E-state index in [1.807, 2.05) is 59.8 Å². The second-order valence-electron chi connectivity index (χ2n) is 6.76. The Balaban J connectivity index is 1.56. The van der Waals surface area contributed by atoms with E-state index in [0.717, 1.165) is 28.1 Å². The highest BCUT2D eigenvalue weighted by atomic mass is 32.2. The summed E-state index contributed by atoms with van der Waals surface area (Å²) in [6, 6.07) is 12.9. The fraction of sp³-hybridized carbons (Fsp3) is 0.273. The largest absolute Gasteiger partial charge is 0.486 e. The molecule has 29 heavy (non-hydrogen) atoms. The zero-order chi connectivity index (χ0) is 20.2. The molecular weight excluding hydrogens is 388 g/mol. The molecular formula is C22H22N2O4S. The maximum absolute atomic E-state index is 13.0. The summed E-state index contributed by atoms with van der Waals surface area (Å²) in [4.78, 5) is 25.5. The smallest absolute Gasteiger partial charge is 0.269 e. The van der Waals surface area contributed by atoms with Gasteiger partial charge in [-0.3, -0.25) is 4.79 Å². The van der Waals surface area contributed by atoms with Gasteiger partial charge in [0.25, 0.3) is 5.91 Å². The molecule has 1 amide bonds. The number of carbonyl (C=O) groups excluding carboxylic acids is 2. The molecule has 0 bridgehead atoms. The van der Waals surface area contributed by atoms with Crippen molar-refractivity contribution in [3.05, 3.63) is 59.3 Å². The van der Waals surface area contributed by atoms with E-state index in [2.05, 4.69) is 5.32 Å². The summed E-state index contributed by atoms with van der Waals surface area (Å²) in [5.74, 6) is 1.14. The highest BCUT2D eigenvalue weighted by molar-refractivity contribution is 7.97. The number of aldehydes is 1. The van der Waals surface area contributed by atoms with Gasteiger partial charge >= 0.3 is 0 Å². The van der Waals surface area contributed by atoms with Gasteiger partial charge in [0.05, 0.1) is 6.04 Å². The van der Waals surface area contributed by atoms with Crippen molar-refractivity contribution in [2.75, 3.05) is 19.8 Å². The summed E-state index contributed by atoms with van der Waals surface area (Å²) in [6.45, 7) is 3.67. The van der Waals surface area contributed by atoms with Gasteiger partial charge in [0.15, 0.2) is 11.5 Å². The fourth-order valence-corrected chi connectivity index (χ4v) is 4.31. The Kier molecular flexibility index (Phi) is 5.76. The summed E-state index contributed by atoms with van der Waals surface area (Å²) in [5.41, 5.74) is 2.42. The molecule has 1 N–H and O–H groups in total. The van der Waals surface area contributed by atoms with Gasteiger partial charge < -0.3 is 23.9 Å². The minimum absolute atomic E-state index is 0.270. The first-order valence-electron chi connectivity index (χ1n) is 9.59. The normalized spacial score (nSPS) is 15.8. The molecule has 0 unspecified atom stereocenters. The number of ether oxygens (including phenoxy) is 2. The zero-order valence-electron chi connectivity index (χ0n) is 16.1. The van der Waals surface area contributed by atoms with E-state index in [9.17, 15) is 9.59 Å². The van der Waals surface area contributed by atoms with Crippen LogP contribution >= 0.6 is 11.9 Å². The number of amides is 1. The Morgan fingerprint density at radius 3 is 2.62 bits per heavy atom. The average molecular weight is 410 g/mol. The quantitative estimate of drug-likeness (QED) is 0.583. The van der Waals surface area contributed by atoms with E-state index in [4.69, 9.17) is 9.47 Å². The molecule has 0 aliphatic carbocycles. The van der Waals surface area contributed by atoms with Gasteiger partial charge in [-0.05, 0) is 54.6 Å². The first kappa shape index (κ1) is 19.4. The topological polar surface area (TPSA) is 67.9 Å². The first-order valence-corrected chi connectivity index (χ1v) is 10.4. The Morgan fingerprint density at radius 1 is 1.21 bits per heavy atom. The number of nitrogens with one attached hydrogen (secondary N) is 1. The van der Waals surface area contributed by atoms with Crippen LogP contribution in [0.2, 0.25) is 0 Å². The Bertz CT molecular complexity index is 945.